The third-order valence-electron chi connectivity index (χ3n) is 2.96. The van der Waals surface area contributed by atoms with Crippen molar-refractivity contribution in [2.24, 2.45) is 0 Å². The van der Waals surface area contributed by atoms with Crippen LogP contribution in [-0.4, -0.2) is 17.3 Å². The third kappa shape index (κ3) is 2.77. The lowest BCUT2D eigenvalue weighted by atomic mass is 10.1. The second-order valence-electron chi connectivity index (χ2n) is 4.44. The molecule has 1 aromatic carbocycles. The molecule has 1 fully saturated rings. The van der Waals surface area contributed by atoms with E-state index in [1.54, 1.807) is 0 Å². The molecule has 0 heterocycles. The highest BCUT2D eigenvalue weighted by atomic mass is 35.5. The summed E-state index contributed by atoms with van der Waals surface area (Å²) in [5.41, 5.74) is -0.918. The minimum absolute atomic E-state index is 0.208. The Morgan fingerprint density at radius 1 is 1.28 bits per heavy atom. The molecular weight excluding hydrogens is 267 g/mol. The maximum Gasteiger partial charge on any atom is 0.416 e. The number of halogens is 4. The van der Waals surface area contributed by atoms with Crippen LogP contribution >= 0.6 is 11.6 Å². The Morgan fingerprint density at radius 2 is 1.83 bits per heavy atom. The van der Waals surface area contributed by atoms with Crippen molar-refractivity contribution >= 4 is 17.5 Å². The number of alkyl halides is 4. The van der Waals surface area contributed by atoms with Crippen molar-refractivity contribution in [1.82, 2.24) is 5.32 Å². The predicted octanol–water partition coefficient (Wildman–Crippen LogP) is 3.21. The highest BCUT2D eigenvalue weighted by molar-refractivity contribution is 6.19. The van der Waals surface area contributed by atoms with Gasteiger partial charge in [-0.15, -0.1) is 11.6 Å². The van der Waals surface area contributed by atoms with Gasteiger partial charge in [-0.25, -0.2) is 0 Å². The summed E-state index contributed by atoms with van der Waals surface area (Å²) in [5.74, 6) is -0.0683. The molecule has 1 aliphatic rings. The van der Waals surface area contributed by atoms with Gasteiger partial charge in [-0.3, -0.25) is 4.79 Å². The number of carbonyl (C=O) groups excluding carboxylic acids is 1. The number of nitrogens with one attached hydrogen (secondary N) is 1. The second kappa shape index (κ2) is 4.46. The highest BCUT2D eigenvalue weighted by Crippen LogP contribution is 2.36. The molecule has 0 aliphatic heterocycles. The van der Waals surface area contributed by atoms with E-state index in [1.165, 1.54) is 12.1 Å². The number of hydrogen-bond acceptors (Lipinski definition) is 1. The molecule has 2 nitrogen and oxygen atoms in total. The summed E-state index contributed by atoms with van der Waals surface area (Å²) in [4.78, 5) is 11.8. The first kappa shape index (κ1) is 13.2. The molecule has 0 radical (unpaired) electrons. The molecule has 1 N–H and O–H groups in total. The van der Waals surface area contributed by atoms with E-state index >= 15 is 0 Å². The second-order valence-corrected chi connectivity index (χ2v) is 4.71. The Kier molecular flexibility index (Phi) is 3.27. The van der Waals surface area contributed by atoms with E-state index in [4.69, 9.17) is 11.6 Å². The first-order valence-corrected chi connectivity index (χ1v) is 5.95. The fraction of sp³-hybridized carbons (Fsp3) is 0.417. The molecule has 1 aromatic rings. The summed E-state index contributed by atoms with van der Waals surface area (Å²) in [6, 6.07) is 4.13. The topological polar surface area (TPSA) is 29.1 Å². The standard InChI is InChI=1S/C12H11ClF3NO/c13-7-11(5-6-11)17-10(18)8-1-3-9(4-2-8)12(14,15)16/h1-4H,5-7H2,(H,17,18). The van der Waals surface area contributed by atoms with E-state index in [0.717, 1.165) is 25.0 Å². The zero-order valence-corrected chi connectivity index (χ0v) is 10.1. The van der Waals surface area contributed by atoms with Gasteiger partial charge in [-0.1, -0.05) is 0 Å². The van der Waals surface area contributed by atoms with Crippen molar-refractivity contribution in [2.45, 2.75) is 24.6 Å². The van der Waals surface area contributed by atoms with Crippen LogP contribution in [0.5, 0.6) is 0 Å². The fourth-order valence-corrected chi connectivity index (χ4v) is 1.90. The highest BCUT2D eigenvalue weighted by Gasteiger charge is 2.43. The van der Waals surface area contributed by atoms with Crippen LogP contribution in [0.2, 0.25) is 0 Å². The number of benzene rings is 1. The summed E-state index contributed by atoms with van der Waals surface area (Å²) >= 11 is 5.71. The van der Waals surface area contributed by atoms with E-state index in [2.05, 4.69) is 5.32 Å². The first-order valence-electron chi connectivity index (χ1n) is 5.42. The smallest absolute Gasteiger partial charge is 0.345 e. The molecule has 1 aliphatic carbocycles. The Morgan fingerprint density at radius 3 is 2.22 bits per heavy atom. The van der Waals surface area contributed by atoms with Crippen molar-refractivity contribution < 1.29 is 18.0 Å². The van der Waals surface area contributed by atoms with Crippen molar-refractivity contribution in [3.63, 3.8) is 0 Å². The fourth-order valence-electron chi connectivity index (χ4n) is 1.57. The molecule has 0 bridgehead atoms. The summed E-state index contributed by atoms with van der Waals surface area (Å²) in [6.45, 7) is 0. The number of amides is 1. The monoisotopic (exact) mass is 277 g/mol. The summed E-state index contributed by atoms with van der Waals surface area (Å²) < 4.78 is 37.0. The van der Waals surface area contributed by atoms with E-state index in [0.29, 0.717) is 5.88 Å². The molecule has 6 heteroatoms. The zero-order chi connectivity index (χ0) is 13.4. The summed E-state index contributed by atoms with van der Waals surface area (Å²) in [7, 11) is 0. The molecule has 18 heavy (non-hydrogen) atoms. The van der Waals surface area contributed by atoms with Crippen LogP contribution in [0.15, 0.2) is 24.3 Å². The normalized spacial score (nSPS) is 17.3. The lowest BCUT2D eigenvalue weighted by molar-refractivity contribution is -0.137. The van der Waals surface area contributed by atoms with Gasteiger partial charge in [-0.2, -0.15) is 13.2 Å². The van der Waals surface area contributed by atoms with Gasteiger partial charge >= 0.3 is 6.18 Å². The maximum absolute atomic E-state index is 12.3. The maximum atomic E-state index is 12.3. The largest absolute Gasteiger partial charge is 0.416 e. The van der Waals surface area contributed by atoms with Crippen LogP contribution in [0, 0.1) is 0 Å². The SMILES string of the molecule is O=C(NC1(CCl)CC1)c1ccc(C(F)(F)F)cc1. The van der Waals surface area contributed by atoms with Crippen LogP contribution in [0.4, 0.5) is 13.2 Å². The van der Waals surface area contributed by atoms with E-state index in [-0.39, 0.29) is 17.0 Å². The van der Waals surface area contributed by atoms with Crippen LogP contribution < -0.4 is 5.32 Å². The Bertz CT molecular complexity index is 451. The van der Waals surface area contributed by atoms with Crippen LogP contribution in [0.1, 0.15) is 28.8 Å². The van der Waals surface area contributed by atoms with Crippen molar-refractivity contribution in [3.8, 4) is 0 Å². The number of rotatable bonds is 3. The van der Waals surface area contributed by atoms with E-state index < -0.39 is 11.7 Å². The summed E-state index contributed by atoms with van der Waals surface area (Å²) in [5, 5.41) is 2.74. The molecule has 1 amide bonds. The molecule has 0 atom stereocenters. The first-order chi connectivity index (χ1) is 8.36. The Hall–Kier alpha value is -1.23. The van der Waals surface area contributed by atoms with Crippen LogP contribution in [-0.2, 0) is 6.18 Å². The lowest BCUT2D eigenvalue weighted by Crippen LogP contribution is -2.38. The van der Waals surface area contributed by atoms with Crippen molar-refractivity contribution in [1.29, 1.82) is 0 Å². The number of carbonyl (C=O) groups is 1. The quantitative estimate of drug-likeness (QED) is 0.845. The predicted molar refractivity (Wildman–Crippen MR) is 61.6 cm³/mol. The van der Waals surface area contributed by atoms with Crippen molar-refractivity contribution in [2.75, 3.05) is 5.88 Å². The lowest BCUT2D eigenvalue weighted by Gasteiger charge is -2.14. The minimum atomic E-state index is -4.39. The van der Waals surface area contributed by atoms with Gasteiger partial charge in [0, 0.05) is 11.4 Å². The van der Waals surface area contributed by atoms with E-state index in [1.807, 2.05) is 0 Å². The number of hydrogen-bond donors (Lipinski definition) is 1. The molecule has 0 aromatic heterocycles. The molecular formula is C12H11ClF3NO. The van der Waals surface area contributed by atoms with Crippen LogP contribution in [0.3, 0.4) is 0 Å². The molecule has 0 spiro atoms. The van der Waals surface area contributed by atoms with Gasteiger partial charge in [0.25, 0.3) is 5.91 Å². The zero-order valence-electron chi connectivity index (χ0n) is 9.35. The average molecular weight is 278 g/mol. The van der Waals surface area contributed by atoms with Gasteiger partial charge in [0.15, 0.2) is 0 Å². The van der Waals surface area contributed by atoms with Crippen molar-refractivity contribution in [3.05, 3.63) is 35.4 Å². The summed E-state index contributed by atoms with van der Waals surface area (Å²) in [6.07, 6.45) is -2.77. The third-order valence-corrected chi connectivity index (χ3v) is 3.47. The molecule has 2 rings (SSSR count). The Balaban J connectivity index is 2.08. The molecule has 1 saturated carbocycles. The van der Waals surface area contributed by atoms with Gasteiger partial charge in [-0.05, 0) is 37.1 Å². The average Bonchev–Trinajstić information content (AvgIpc) is 3.08. The van der Waals surface area contributed by atoms with Crippen LogP contribution in [0.25, 0.3) is 0 Å². The van der Waals surface area contributed by atoms with Gasteiger partial charge in [0.1, 0.15) is 0 Å². The van der Waals surface area contributed by atoms with Gasteiger partial charge in [0.05, 0.1) is 11.1 Å². The van der Waals surface area contributed by atoms with E-state index in [9.17, 15) is 18.0 Å². The molecule has 0 saturated heterocycles. The minimum Gasteiger partial charge on any atom is -0.345 e. The Labute approximate surface area is 107 Å². The molecule has 0 unspecified atom stereocenters. The van der Waals surface area contributed by atoms with Gasteiger partial charge in [0.2, 0.25) is 0 Å². The molecule has 98 valence electrons. The van der Waals surface area contributed by atoms with Gasteiger partial charge < -0.3 is 5.32 Å².